The summed E-state index contributed by atoms with van der Waals surface area (Å²) in [7, 11) is 0. The minimum absolute atomic E-state index is 0.279. The SMILES string of the molecule is CCOc1ccccc1NC(=O)NCc1nccnc1-c1ccsc1. The molecule has 1 aromatic carbocycles. The number of aromatic nitrogens is 2. The molecule has 0 aliphatic carbocycles. The normalized spacial score (nSPS) is 10.3. The molecule has 25 heavy (non-hydrogen) atoms. The number of rotatable bonds is 6. The van der Waals surface area contributed by atoms with Gasteiger partial charge in [-0.2, -0.15) is 11.3 Å². The predicted molar refractivity (Wildman–Crippen MR) is 98.8 cm³/mol. The van der Waals surface area contributed by atoms with Crippen LogP contribution in [-0.4, -0.2) is 22.6 Å². The van der Waals surface area contributed by atoms with E-state index in [0.29, 0.717) is 23.7 Å². The van der Waals surface area contributed by atoms with Gasteiger partial charge in [0.1, 0.15) is 5.75 Å². The summed E-state index contributed by atoms with van der Waals surface area (Å²) < 4.78 is 5.51. The average Bonchev–Trinajstić information content (AvgIpc) is 3.17. The van der Waals surface area contributed by atoms with E-state index in [9.17, 15) is 4.79 Å². The van der Waals surface area contributed by atoms with Crippen LogP contribution in [0, 0.1) is 0 Å². The third kappa shape index (κ3) is 4.33. The van der Waals surface area contributed by atoms with Crippen LogP contribution in [0.25, 0.3) is 11.3 Å². The highest BCUT2D eigenvalue weighted by Gasteiger charge is 2.11. The number of benzene rings is 1. The predicted octanol–water partition coefficient (Wildman–Crippen LogP) is 3.93. The number of ether oxygens (including phenoxy) is 1. The fourth-order valence-electron chi connectivity index (χ4n) is 2.32. The van der Waals surface area contributed by atoms with Gasteiger partial charge in [0.15, 0.2) is 0 Å². The van der Waals surface area contributed by atoms with Gasteiger partial charge in [0.2, 0.25) is 0 Å². The number of carbonyl (C=O) groups is 1. The van der Waals surface area contributed by atoms with Crippen molar-refractivity contribution < 1.29 is 9.53 Å². The molecule has 2 amide bonds. The Morgan fingerprint density at radius 1 is 1.20 bits per heavy atom. The lowest BCUT2D eigenvalue weighted by Crippen LogP contribution is -2.29. The zero-order valence-corrected chi connectivity index (χ0v) is 14.5. The minimum Gasteiger partial charge on any atom is -0.492 e. The molecule has 0 bridgehead atoms. The van der Waals surface area contributed by atoms with Crippen molar-refractivity contribution in [2.45, 2.75) is 13.5 Å². The molecule has 128 valence electrons. The van der Waals surface area contributed by atoms with Crippen molar-refractivity contribution in [2.24, 2.45) is 0 Å². The monoisotopic (exact) mass is 354 g/mol. The highest BCUT2D eigenvalue weighted by Crippen LogP contribution is 2.24. The van der Waals surface area contributed by atoms with Crippen LogP contribution in [0.4, 0.5) is 10.5 Å². The highest BCUT2D eigenvalue weighted by atomic mass is 32.1. The maximum Gasteiger partial charge on any atom is 0.319 e. The number of anilines is 1. The lowest BCUT2D eigenvalue weighted by Gasteiger charge is -2.12. The van der Waals surface area contributed by atoms with Crippen molar-refractivity contribution in [3.63, 3.8) is 0 Å². The first-order valence-corrected chi connectivity index (χ1v) is 8.81. The molecule has 0 atom stereocenters. The molecule has 0 aliphatic heterocycles. The van der Waals surface area contributed by atoms with Gasteiger partial charge in [0.25, 0.3) is 0 Å². The Balaban J connectivity index is 1.66. The molecule has 2 N–H and O–H groups in total. The Labute approximate surface area is 149 Å². The van der Waals surface area contributed by atoms with E-state index in [-0.39, 0.29) is 12.6 Å². The maximum absolute atomic E-state index is 12.2. The van der Waals surface area contributed by atoms with Crippen molar-refractivity contribution in [3.05, 3.63) is 59.2 Å². The molecule has 0 saturated heterocycles. The van der Waals surface area contributed by atoms with Crippen molar-refractivity contribution in [3.8, 4) is 17.0 Å². The summed E-state index contributed by atoms with van der Waals surface area (Å²) in [5.41, 5.74) is 3.11. The largest absolute Gasteiger partial charge is 0.492 e. The Bertz CT molecular complexity index is 837. The van der Waals surface area contributed by atoms with Crippen LogP contribution in [0.15, 0.2) is 53.5 Å². The van der Waals surface area contributed by atoms with Crippen molar-refractivity contribution >= 4 is 23.1 Å². The quantitative estimate of drug-likeness (QED) is 0.703. The molecular formula is C18H18N4O2S. The maximum atomic E-state index is 12.2. The molecular weight excluding hydrogens is 336 g/mol. The number of nitrogens with one attached hydrogen (secondary N) is 2. The Hall–Kier alpha value is -2.93. The van der Waals surface area contributed by atoms with E-state index in [2.05, 4.69) is 20.6 Å². The number of carbonyl (C=O) groups excluding carboxylic acids is 1. The Kier molecular flexibility index (Phi) is 5.58. The van der Waals surface area contributed by atoms with Crippen LogP contribution in [0.5, 0.6) is 5.75 Å². The summed E-state index contributed by atoms with van der Waals surface area (Å²) in [5.74, 6) is 0.638. The van der Waals surface area contributed by atoms with Crippen LogP contribution >= 0.6 is 11.3 Å². The first-order valence-electron chi connectivity index (χ1n) is 7.87. The van der Waals surface area contributed by atoms with Gasteiger partial charge < -0.3 is 15.4 Å². The van der Waals surface area contributed by atoms with Crippen LogP contribution < -0.4 is 15.4 Å². The van der Waals surface area contributed by atoms with E-state index in [0.717, 1.165) is 11.3 Å². The molecule has 6 nitrogen and oxygen atoms in total. The molecule has 0 saturated carbocycles. The van der Waals surface area contributed by atoms with Crippen molar-refractivity contribution in [1.29, 1.82) is 0 Å². The Morgan fingerprint density at radius 2 is 2.04 bits per heavy atom. The number of hydrogen-bond donors (Lipinski definition) is 2. The summed E-state index contributed by atoms with van der Waals surface area (Å²) in [6, 6.07) is 8.97. The smallest absolute Gasteiger partial charge is 0.319 e. The van der Waals surface area contributed by atoms with Crippen LogP contribution in [0.2, 0.25) is 0 Å². The summed E-state index contributed by atoms with van der Waals surface area (Å²) in [6.07, 6.45) is 3.27. The number of amides is 2. The number of thiophene rings is 1. The van der Waals surface area contributed by atoms with Crippen LogP contribution in [0.3, 0.4) is 0 Å². The molecule has 0 aliphatic rings. The van der Waals surface area contributed by atoms with Gasteiger partial charge in [0.05, 0.1) is 30.2 Å². The van der Waals surface area contributed by atoms with E-state index < -0.39 is 0 Å². The van der Waals surface area contributed by atoms with Crippen molar-refractivity contribution in [2.75, 3.05) is 11.9 Å². The van der Waals surface area contributed by atoms with Gasteiger partial charge in [0, 0.05) is 23.3 Å². The van der Waals surface area contributed by atoms with Gasteiger partial charge in [-0.15, -0.1) is 0 Å². The third-order valence-electron chi connectivity index (χ3n) is 3.42. The lowest BCUT2D eigenvalue weighted by atomic mass is 10.2. The minimum atomic E-state index is -0.325. The highest BCUT2D eigenvalue weighted by molar-refractivity contribution is 7.08. The Morgan fingerprint density at radius 3 is 2.84 bits per heavy atom. The first-order chi connectivity index (χ1) is 12.3. The average molecular weight is 354 g/mol. The van der Waals surface area contributed by atoms with Gasteiger partial charge in [-0.1, -0.05) is 12.1 Å². The second-order valence-electron chi connectivity index (χ2n) is 5.10. The molecule has 0 fully saturated rings. The second kappa shape index (κ2) is 8.25. The van der Waals surface area contributed by atoms with Gasteiger partial charge in [-0.25, -0.2) is 4.79 Å². The number of hydrogen-bond acceptors (Lipinski definition) is 5. The molecule has 2 aromatic heterocycles. The zero-order chi connectivity index (χ0) is 17.5. The molecule has 2 heterocycles. The third-order valence-corrected chi connectivity index (χ3v) is 4.10. The second-order valence-corrected chi connectivity index (χ2v) is 5.88. The summed E-state index contributed by atoms with van der Waals surface area (Å²) >= 11 is 1.59. The van der Waals surface area contributed by atoms with E-state index in [4.69, 9.17) is 4.74 Å². The topological polar surface area (TPSA) is 76.1 Å². The van der Waals surface area contributed by atoms with E-state index in [1.807, 2.05) is 41.9 Å². The van der Waals surface area contributed by atoms with Crippen LogP contribution in [-0.2, 0) is 6.54 Å². The molecule has 7 heteroatoms. The fourth-order valence-corrected chi connectivity index (χ4v) is 2.96. The number of nitrogens with zero attached hydrogens (tertiary/aromatic N) is 2. The first kappa shape index (κ1) is 16.9. The molecule has 3 rings (SSSR count). The summed E-state index contributed by atoms with van der Waals surface area (Å²) in [5, 5.41) is 9.60. The van der Waals surface area contributed by atoms with E-state index >= 15 is 0 Å². The van der Waals surface area contributed by atoms with Crippen LogP contribution in [0.1, 0.15) is 12.6 Å². The van der Waals surface area contributed by atoms with E-state index in [1.54, 1.807) is 29.8 Å². The van der Waals surface area contributed by atoms with Gasteiger partial charge in [-0.05, 0) is 30.5 Å². The molecule has 0 spiro atoms. The van der Waals surface area contributed by atoms with Gasteiger partial charge in [-0.3, -0.25) is 9.97 Å². The summed E-state index contributed by atoms with van der Waals surface area (Å²) in [4.78, 5) is 20.9. The zero-order valence-electron chi connectivity index (χ0n) is 13.7. The molecule has 0 unspecified atom stereocenters. The summed E-state index contributed by atoms with van der Waals surface area (Å²) in [6.45, 7) is 2.71. The number of para-hydroxylation sites is 2. The lowest BCUT2D eigenvalue weighted by molar-refractivity contribution is 0.251. The standard InChI is InChI=1S/C18H18N4O2S/c1-2-24-16-6-4-3-5-14(16)22-18(23)21-11-15-17(20-9-8-19-15)13-7-10-25-12-13/h3-10,12H,2,11H2,1H3,(H2,21,22,23). The van der Waals surface area contributed by atoms with E-state index in [1.165, 1.54) is 0 Å². The molecule has 0 radical (unpaired) electrons. The van der Waals surface area contributed by atoms with Gasteiger partial charge >= 0.3 is 6.03 Å². The fraction of sp³-hybridized carbons (Fsp3) is 0.167. The molecule has 3 aromatic rings. The number of urea groups is 1. The van der Waals surface area contributed by atoms with Crippen molar-refractivity contribution in [1.82, 2.24) is 15.3 Å².